The Morgan fingerprint density at radius 2 is 1.76 bits per heavy atom. The van der Waals surface area contributed by atoms with Crippen molar-refractivity contribution in [2.75, 3.05) is 31.1 Å². The summed E-state index contributed by atoms with van der Waals surface area (Å²) >= 11 is 0. The first-order chi connectivity index (χ1) is 10.2. The zero-order valence-corrected chi connectivity index (χ0v) is 12.1. The molecule has 21 heavy (non-hydrogen) atoms. The monoisotopic (exact) mass is 286 g/mol. The molecule has 0 radical (unpaired) electrons. The molecule has 2 aromatic rings. The summed E-state index contributed by atoms with van der Waals surface area (Å²) in [6, 6.07) is 9.05. The Morgan fingerprint density at radius 1 is 1.05 bits per heavy atom. The van der Waals surface area contributed by atoms with Gasteiger partial charge in [-0.2, -0.15) is 0 Å². The number of benzene rings is 1. The second-order valence-electron chi connectivity index (χ2n) is 5.32. The molecule has 0 amide bonds. The van der Waals surface area contributed by atoms with Gasteiger partial charge in [-0.05, 0) is 30.7 Å². The zero-order valence-electron chi connectivity index (χ0n) is 12.1. The maximum absolute atomic E-state index is 13.0. The van der Waals surface area contributed by atoms with Crippen LogP contribution < -0.4 is 4.90 Å². The number of hydrogen-bond acceptors (Lipinski definition) is 4. The van der Waals surface area contributed by atoms with E-state index in [-0.39, 0.29) is 5.82 Å². The van der Waals surface area contributed by atoms with Gasteiger partial charge in [-0.25, -0.2) is 14.4 Å². The molecule has 1 aliphatic rings. The van der Waals surface area contributed by atoms with Crippen LogP contribution in [0.4, 0.5) is 10.2 Å². The lowest BCUT2D eigenvalue weighted by Gasteiger charge is -2.38. The summed E-state index contributed by atoms with van der Waals surface area (Å²) in [6.45, 7) is 6.02. The quantitative estimate of drug-likeness (QED) is 0.868. The Labute approximate surface area is 124 Å². The number of hydrogen-bond donors (Lipinski definition) is 0. The van der Waals surface area contributed by atoms with Gasteiger partial charge in [-0.15, -0.1) is 0 Å². The van der Waals surface area contributed by atoms with Crippen LogP contribution in [0.25, 0.3) is 0 Å². The molecule has 2 heterocycles. The van der Waals surface area contributed by atoms with Crippen molar-refractivity contribution in [3.63, 3.8) is 0 Å². The summed E-state index contributed by atoms with van der Waals surface area (Å²) in [4.78, 5) is 12.9. The lowest BCUT2D eigenvalue weighted by molar-refractivity contribution is 0.198. The number of halogens is 1. The van der Waals surface area contributed by atoms with Crippen molar-refractivity contribution in [3.8, 4) is 0 Å². The minimum atomic E-state index is -0.181. The predicted molar refractivity (Wildman–Crippen MR) is 80.6 cm³/mol. The van der Waals surface area contributed by atoms with Crippen molar-refractivity contribution in [1.29, 1.82) is 0 Å². The van der Waals surface area contributed by atoms with Gasteiger partial charge in [0.15, 0.2) is 0 Å². The van der Waals surface area contributed by atoms with E-state index in [4.69, 9.17) is 0 Å². The van der Waals surface area contributed by atoms with Gasteiger partial charge in [-0.3, -0.25) is 4.90 Å². The van der Waals surface area contributed by atoms with Crippen molar-refractivity contribution in [2.24, 2.45) is 0 Å². The van der Waals surface area contributed by atoms with Gasteiger partial charge in [0.25, 0.3) is 0 Å². The minimum Gasteiger partial charge on any atom is -0.354 e. The average Bonchev–Trinajstić information content (AvgIpc) is 2.56. The van der Waals surface area contributed by atoms with Gasteiger partial charge in [0, 0.05) is 38.4 Å². The first-order valence-corrected chi connectivity index (χ1v) is 7.24. The van der Waals surface area contributed by atoms with Crippen LogP contribution in [0.5, 0.6) is 0 Å². The molecule has 1 aromatic carbocycles. The standard InChI is InChI=1S/C16H19FN4/c1-13(14-2-4-15(17)5-3-14)20-8-10-21(11-9-20)16-6-7-18-12-19-16/h2-7,12-13H,8-11H2,1H3. The molecule has 1 atom stereocenters. The van der Waals surface area contributed by atoms with Crippen molar-refractivity contribution in [3.05, 3.63) is 54.2 Å². The normalized spacial score (nSPS) is 17.7. The molecule has 1 unspecified atom stereocenters. The van der Waals surface area contributed by atoms with Crippen molar-refractivity contribution >= 4 is 5.82 Å². The topological polar surface area (TPSA) is 32.3 Å². The number of anilines is 1. The van der Waals surface area contributed by atoms with E-state index in [2.05, 4.69) is 26.7 Å². The molecule has 1 saturated heterocycles. The highest BCUT2D eigenvalue weighted by molar-refractivity contribution is 5.37. The Bertz CT molecular complexity index is 565. The Hall–Kier alpha value is -2.01. The predicted octanol–water partition coefficient (Wildman–Crippen LogP) is 2.50. The van der Waals surface area contributed by atoms with Crippen molar-refractivity contribution < 1.29 is 4.39 Å². The molecule has 110 valence electrons. The molecule has 0 spiro atoms. The molecule has 0 bridgehead atoms. The summed E-state index contributed by atoms with van der Waals surface area (Å²) in [7, 11) is 0. The first kappa shape index (κ1) is 13.9. The van der Waals surface area contributed by atoms with Gasteiger partial charge in [0.05, 0.1) is 0 Å². The number of rotatable bonds is 3. The van der Waals surface area contributed by atoms with E-state index >= 15 is 0 Å². The number of nitrogens with zero attached hydrogens (tertiary/aromatic N) is 4. The van der Waals surface area contributed by atoms with Gasteiger partial charge in [0.2, 0.25) is 0 Å². The highest BCUT2D eigenvalue weighted by atomic mass is 19.1. The molecule has 1 fully saturated rings. The van der Waals surface area contributed by atoms with Crippen LogP contribution in [-0.4, -0.2) is 41.0 Å². The lowest BCUT2D eigenvalue weighted by atomic mass is 10.1. The number of piperazine rings is 1. The van der Waals surface area contributed by atoms with Gasteiger partial charge in [0.1, 0.15) is 18.0 Å². The molecular weight excluding hydrogens is 267 g/mol. The van der Waals surface area contributed by atoms with E-state index < -0.39 is 0 Å². The number of aromatic nitrogens is 2. The largest absolute Gasteiger partial charge is 0.354 e. The Kier molecular flexibility index (Phi) is 4.10. The minimum absolute atomic E-state index is 0.181. The maximum Gasteiger partial charge on any atom is 0.131 e. The molecular formula is C16H19FN4. The highest BCUT2D eigenvalue weighted by Gasteiger charge is 2.22. The van der Waals surface area contributed by atoms with Crippen LogP contribution in [0.1, 0.15) is 18.5 Å². The van der Waals surface area contributed by atoms with Crippen molar-refractivity contribution in [1.82, 2.24) is 14.9 Å². The fraction of sp³-hybridized carbons (Fsp3) is 0.375. The van der Waals surface area contributed by atoms with E-state index in [1.54, 1.807) is 12.5 Å². The SMILES string of the molecule is CC(c1ccc(F)cc1)N1CCN(c2ccncn2)CC1. The van der Waals surface area contributed by atoms with E-state index in [9.17, 15) is 4.39 Å². The van der Waals surface area contributed by atoms with Crippen LogP contribution >= 0.6 is 0 Å². The highest BCUT2D eigenvalue weighted by Crippen LogP contribution is 2.23. The first-order valence-electron chi connectivity index (χ1n) is 7.24. The molecule has 4 nitrogen and oxygen atoms in total. The molecule has 1 aliphatic heterocycles. The molecule has 0 aliphatic carbocycles. The Balaban J connectivity index is 1.61. The summed E-state index contributed by atoms with van der Waals surface area (Å²) in [5, 5.41) is 0. The third-order valence-electron chi connectivity index (χ3n) is 4.10. The molecule has 0 saturated carbocycles. The molecule has 0 N–H and O–H groups in total. The second-order valence-corrected chi connectivity index (χ2v) is 5.32. The Morgan fingerprint density at radius 3 is 2.38 bits per heavy atom. The smallest absolute Gasteiger partial charge is 0.131 e. The summed E-state index contributed by atoms with van der Waals surface area (Å²) in [5.74, 6) is 0.804. The van der Waals surface area contributed by atoms with Crippen molar-refractivity contribution in [2.45, 2.75) is 13.0 Å². The molecule has 3 rings (SSSR count). The van der Waals surface area contributed by atoms with E-state index in [0.29, 0.717) is 6.04 Å². The summed E-state index contributed by atoms with van der Waals surface area (Å²) in [6.07, 6.45) is 3.36. The van der Waals surface area contributed by atoms with Crippen LogP contribution in [-0.2, 0) is 0 Å². The lowest BCUT2D eigenvalue weighted by Crippen LogP contribution is -2.47. The van der Waals surface area contributed by atoms with E-state index in [1.165, 1.54) is 12.1 Å². The van der Waals surface area contributed by atoms with Crippen LogP contribution in [0.15, 0.2) is 42.9 Å². The molecule has 1 aromatic heterocycles. The van der Waals surface area contributed by atoms with Crippen LogP contribution in [0.3, 0.4) is 0 Å². The van der Waals surface area contributed by atoms with Gasteiger partial charge in [-0.1, -0.05) is 12.1 Å². The molecule has 5 heteroatoms. The maximum atomic E-state index is 13.0. The van der Waals surface area contributed by atoms with Crippen LogP contribution in [0.2, 0.25) is 0 Å². The fourth-order valence-corrected chi connectivity index (χ4v) is 2.76. The fourth-order valence-electron chi connectivity index (χ4n) is 2.76. The summed E-state index contributed by atoms with van der Waals surface area (Å²) < 4.78 is 13.0. The third kappa shape index (κ3) is 3.19. The van der Waals surface area contributed by atoms with Gasteiger partial charge >= 0.3 is 0 Å². The van der Waals surface area contributed by atoms with Crippen LogP contribution in [0, 0.1) is 5.82 Å². The average molecular weight is 286 g/mol. The summed E-state index contributed by atoms with van der Waals surface area (Å²) in [5.41, 5.74) is 1.16. The van der Waals surface area contributed by atoms with E-state index in [0.717, 1.165) is 37.6 Å². The third-order valence-corrected chi connectivity index (χ3v) is 4.10. The van der Waals surface area contributed by atoms with E-state index in [1.807, 2.05) is 18.2 Å². The zero-order chi connectivity index (χ0) is 14.7. The van der Waals surface area contributed by atoms with Gasteiger partial charge < -0.3 is 4.90 Å². The second kappa shape index (κ2) is 6.18.